The van der Waals surface area contributed by atoms with Crippen molar-refractivity contribution >= 4 is 41.7 Å². The van der Waals surface area contributed by atoms with E-state index in [0.717, 1.165) is 49.9 Å². The van der Waals surface area contributed by atoms with Crippen LogP contribution in [0.25, 0.3) is 0 Å². The number of ether oxygens (including phenoxy) is 1. The van der Waals surface area contributed by atoms with E-state index in [9.17, 15) is 4.39 Å². The summed E-state index contributed by atoms with van der Waals surface area (Å²) in [5.41, 5.74) is 1.06. The van der Waals surface area contributed by atoms with Crippen LogP contribution in [0, 0.1) is 5.82 Å². The molecule has 0 spiro atoms. The summed E-state index contributed by atoms with van der Waals surface area (Å²) < 4.78 is 18.8. The number of thioether (sulfide) groups is 1. The van der Waals surface area contributed by atoms with Gasteiger partial charge in [-0.05, 0) is 36.3 Å². The third-order valence-electron chi connectivity index (χ3n) is 4.33. The zero-order valence-corrected chi connectivity index (χ0v) is 18.4. The Labute approximate surface area is 172 Å². The van der Waals surface area contributed by atoms with Crippen molar-refractivity contribution < 1.29 is 9.13 Å². The lowest BCUT2D eigenvalue weighted by molar-refractivity contribution is 0.0780. The van der Waals surface area contributed by atoms with Gasteiger partial charge in [0.1, 0.15) is 5.82 Å². The van der Waals surface area contributed by atoms with Gasteiger partial charge in [-0.2, -0.15) is 11.8 Å². The molecule has 0 unspecified atom stereocenters. The molecule has 25 heavy (non-hydrogen) atoms. The first-order valence-corrected chi connectivity index (χ1v) is 9.45. The Bertz CT molecular complexity index is 530. The molecule has 1 aromatic carbocycles. The number of hydrogen-bond donors (Lipinski definition) is 1. The van der Waals surface area contributed by atoms with Gasteiger partial charge in [-0.25, -0.2) is 4.39 Å². The third kappa shape index (κ3) is 6.94. The first-order chi connectivity index (χ1) is 11.6. The smallest absolute Gasteiger partial charge is 0.193 e. The molecule has 1 aliphatic rings. The monoisotopic (exact) mass is 481 g/mol. The number of nitrogens with one attached hydrogen (secondary N) is 1. The van der Waals surface area contributed by atoms with Crippen LogP contribution in [-0.4, -0.2) is 55.2 Å². The number of benzene rings is 1. The fraction of sp³-hybridized carbons (Fsp3) is 0.611. The maximum atomic E-state index is 13.0. The maximum Gasteiger partial charge on any atom is 0.193 e. The topological polar surface area (TPSA) is 36.9 Å². The van der Waals surface area contributed by atoms with E-state index in [2.05, 4.69) is 22.1 Å². The fourth-order valence-electron chi connectivity index (χ4n) is 2.99. The van der Waals surface area contributed by atoms with Crippen LogP contribution in [0.1, 0.15) is 25.3 Å². The highest BCUT2D eigenvalue weighted by Gasteiger charge is 2.32. The molecule has 1 heterocycles. The first kappa shape index (κ1) is 22.5. The molecule has 0 radical (unpaired) electrons. The van der Waals surface area contributed by atoms with Crippen molar-refractivity contribution in [3.8, 4) is 0 Å². The van der Waals surface area contributed by atoms with Crippen LogP contribution in [-0.2, 0) is 11.3 Å². The van der Waals surface area contributed by atoms with E-state index in [1.807, 2.05) is 30.9 Å². The van der Waals surface area contributed by atoms with Crippen LogP contribution in [0.5, 0.6) is 0 Å². The Kier molecular flexibility index (Phi) is 10.1. The zero-order valence-electron chi connectivity index (χ0n) is 15.3. The number of halogens is 2. The van der Waals surface area contributed by atoms with Crippen molar-refractivity contribution in [3.63, 3.8) is 0 Å². The van der Waals surface area contributed by atoms with Crippen LogP contribution in [0.15, 0.2) is 29.3 Å². The minimum absolute atomic E-state index is 0. The van der Waals surface area contributed by atoms with Gasteiger partial charge in [0, 0.05) is 45.1 Å². The molecular formula is C18H29FIN3OS. The van der Waals surface area contributed by atoms with Crippen LogP contribution in [0.2, 0.25) is 0 Å². The number of aliphatic imine (C=N–C) groups is 1. The van der Waals surface area contributed by atoms with Crippen molar-refractivity contribution in [2.75, 3.05) is 39.6 Å². The van der Waals surface area contributed by atoms with Crippen molar-refractivity contribution in [1.82, 2.24) is 10.2 Å². The van der Waals surface area contributed by atoms with Crippen molar-refractivity contribution in [2.24, 2.45) is 4.99 Å². The Hall–Kier alpha value is -0.540. The summed E-state index contributed by atoms with van der Waals surface area (Å²) in [4.78, 5) is 6.46. The minimum Gasteiger partial charge on any atom is -0.381 e. The lowest BCUT2D eigenvalue weighted by Gasteiger charge is -2.37. The molecule has 2 rings (SSSR count). The Morgan fingerprint density at radius 3 is 2.52 bits per heavy atom. The molecule has 4 nitrogen and oxygen atoms in total. The number of hydrogen-bond acceptors (Lipinski definition) is 3. The zero-order chi connectivity index (χ0) is 17.4. The molecular weight excluding hydrogens is 452 g/mol. The summed E-state index contributed by atoms with van der Waals surface area (Å²) in [5, 5.41) is 3.52. The van der Waals surface area contributed by atoms with Crippen molar-refractivity contribution in [3.05, 3.63) is 35.6 Å². The fourth-order valence-corrected chi connectivity index (χ4v) is 4.23. The van der Waals surface area contributed by atoms with Gasteiger partial charge in [-0.15, -0.1) is 24.0 Å². The minimum atomic E-state index is -0.207. The summed E-state index contributed by atoms with van der Waals surface area (Å²) >= 11 is 2.01. The molecule has 1 N–H and O–H groups in total. The van der Waals surface area contributed by atoms with Gasteiger partial charge in [0.05, 0.1) is 0 Å². The van der Waals surface area contributed by atoms with Crippen LogP contribution in [0.4, 0.5) is 4.39 Å². The third-order valence-corrected chi connectivity index (χ3v) is 5.78. The van der Waals surface area contributed by atoms with Gasteiger partial charge in [0.15, 0.2) is 5.96 Å². The van der Waals surface area contributed by atoms with Crippen molar-refractivity contribution in [1.29, 1.82) is 0 Å². The summed E-state index contributed by atoms with van der Waals surface area (Å²) in [6.45, 7) is 5.45. The molecule has 0 amide bonds. The van der Waals surface area contributed by atoms with E-state index in [4.69, 9.17) is 4.74 Å². The lowest BCUT2D eigenvalue weighted by atomic mass is 9.99. The van der Waals surface area contributed by atoms with Gasteiger partial charge in [-0.3, -0.25) is 4.99 Å². The van der Waals surface area contributed by atoms with Gasteiger partial charge in [0.2, 0.25) is 0 Å². The van der Waals surface area contributed by atoms with Gasteiger partial charge < -0.3 is 15.0 Å². The Morgan fingerprint density at radius 2 is 1.96 bits per heavy atom. The number of guanidine groups is 1. The van der Waals surface area contributed by atoms with Gasteiger partial charge in [0.25, 0.3) is 0 Å². The quantitative estimate of drug-likeness (QED) is 0.382. The molecule has 1 fully saturated rings. The van der Waals surface area contributed by atoms with E-state index >= 15 is 0 Å². The van der Waals surface area contributed by atoms with Crippen molar-refractivity contribution in [2.45, 2.75) is 31.1 Å². The highest BCUT2D eigenvalue weighted by Crippen LogP contribution is 2.34. The molecule has 142 valence electrons. The standard InChI is InChI=1S/C18H28FN3OS.HI/c1-4-24-18(9-11-23-12-10-18)14-21-17(20-2)22(3)13-15-5-7-16(19)8-6-15;/h5-8H,4,9-14H2,1-3H3,(H,20,21);1H. The lowest BCUT2D eigenvalue weighted by Crippen LogP contribution is -2.48. The van der Waals surface area contributed by atoms with Gasteiger partial charge >= 0.3 is 0 Å². The molecule has 1 aliphatic heterocycles. The molecule has 7 heteroatoms. The summed E-state index contributed by atoms with van der Waals surface area (Å²) in [5.74, 6) is 1.76. The number of nitrogens with zero attached hydrogens (tertiary/aromatic N) is 2. The Morgan fingerprint density at radius 1 is 1.32 bits per heavy atom. The average Bonchev–Trinajstić information content (AvgIpc) is 2.58. The van der Waals surface area contributed by atoms with E-state index in [1.54, 1.807) is 7.05 Å². The SMILES string of the molecule is CCSC1(CNC(=NC)N(C)Cc2ccc(F)cc2)CCOCC1.I. The Balaban J connectivity index is 0.00000312. The van der Waals surface area contributed by atoms with Crippen LogP contribution < -0.4 is 5.32 Å². The highest BCUT2D eigenvalue weighted by molar-refractivity contribution is 14.0. The molecule has 0 bridgehead atoms. The van der Waals surface area contributed by atoms with Crippen LogP contribution >= 0.6 is 35.7 Å². The molecule has 0 aliphatic carbocycles. The second-order valence-electron chi connectivity index (χ2n) is 6.11. The normalized spacial score (nSPS) is 16.9. The van der Waals surface area contributed by atoms with E-state index in [0.29, 0.717) is 6.54 Å². The predicted molar refractivity (Wildman–Crippen MR) is 116 cm³/mol. The number of rotatable bonds is 6. The van der Waals surface area contributed by atoms with Gasteiger partial charge in [-0.1, -0.05) is 19.1 Å². The van der Waals surface area contributed by atoms with E-state index < -0.39 is 0 Å². The highest BCUT2D eigenvalue weighted by atomic mass is 127. The molecule has 0 aromatic heterocycles. The predicted octanol–water partition coefficient (Wildman–Crippen LogP) is 3.75. The van der Waals surface area contributed by atoms with E-state index in [-0.39, 0.29) is 34.5 Å². The molecule has 1 aromatic rings. The summed E-state index contributed by atoms with van der Waals surface area (Å²) in [7, 11) is 3.80. The second kappa shape index (κ2) is 11.2. The molecule has 0 saturated carbocycles. The van der Waals surface area contributed by atoms with E-state index in [1.165, 1.54) is 12.1 Å². The second-order valence-corrected chi connectivity index (χ2v) is 7.84. The molecule has 1 saturated heterocycles. The molecule has 0 atom stereocenters. The largest absolute Gasteiger partial charge is 0.381 e. The first-order valence-electron chi connectivity index (χ1n) is 8.46. The van der Waals surface area contributed by atoms with Crippen LogP contribution in [0.3, 0.4) is 0 Å². The maximum absolute atomic E-state index is 13.0. The summed E-state index contributed by atoms with van der Waals surface area (Å²) in [6, 6.07) is 6.61. The summed E-state index contributed by atoms with van der Waals surface area (Å²) in [6.07, 6.45) is 2.13. The average molecular weight is 481 g/mol.